The van der Waals surface area contributed by atoms with Gasteiger partial charge in [0, 0.05) is 11.7 Å². The van der Waals surface area contributed by atoms with E-state index < -0.39 is 5.97 Å². The lowest BCUT2D eigenvalue weighted by Crippen LogP contribution is -2.22. The van der Waals surface area contributed by atoms with Gasteiger partial charge in [-0.3, -0.25) is 0 Å². The number of benzene rings is 1. The highest BCUT2D eigenvalue weighted by Crippen LogP contribution is 2.34. The minimum atomic E-state index is -0.407. The molecule has 0 unspecified atom stereocenters. The number of thioether (sulfide) groups is 1. The second-order valence-corrected chi connectivity index (χ2v) is 8.14. The van der Waals surface area contributed by atoms with Gasteiger partial charge in [0.05, 0.1) is 17.9 Å². The maximum absolute atomic E-state index is 12.7. The third-order valence-electron chi connectivity index (χ3n) is 5.18. The molecule has 2 heterocycles. The summed E-state index contributed by atoms with van der Waals surface area (Å²) in [7, 11) is 0. The Bertz CT molecular complexity index is 943. The molecule has 1 fully saturated rings. The fraction of sp³-hybridized carbons (Fsp3) is 0.429. The Morgan fingerprint density at radius 1 is 1.24 bits per heavy atom. The number of phenols is 1. The molecule has 7 nitrogen and oxygen atoms in total. The monoisotopic (exact) mass is 412 g/mol. The van der Waals surface area contributed by atoms with Gasteiger partial charge < -0.3 is 9.84 Å². The molecule has 4 rings (SSSR count). The Morgan fingerprint density at radius 3 is 2.72 bits per heavy atom. The largest absolute Gasteiger partial charge is 0.508 e. The third-order valence-corrected chi connectivity index (χ3v) is 6.11. The molecule has 0 spiro atoms. The summed E-state index contributed by atoms with van der Waals surface area (Å²) in [5.41, 5.74) is 1.85. The topological polar surface area (TPSA) is 89.6 Å². The minimum absolute atomic E-state index is 0.177. The van der Waals surface area contributed by atoms with Crippen LogP contribution in [0.1, 0.15) is 56.3 Å². The lowest BCUT2D eigenvalue weighted by molar-refractivity contribution is -0.137. The van der Waals surface area contributed by atoms with Gasteiger partial charge in [-0.2, -0.15) is 9.78 Å². The average Bonchev–Trinajstić information content (AvgIpc) is 3.17. The van der Waals surface area contributed by atoms with Crippen molar-refractivity contribution in [2.45, 2.75) is 50.1 Å². The molecule has 0 amide bonds. The van der Waals surface area contributed by atoms with Crippen molar-refractivity contribution in [3.8, 4) is 5.75 Å². The first-order valence-corrected chi connectivity index (χ1v) is 11.0. The Kier molecular flexibility index (Phi) is 5.99. The van der Waals surface area contributed by atoms with E-state index in [-0.39, 0.29) is 12.4 Å². The standard InChI is InChI=1S/C21H24N4O3S/c1-2-28-20(27)17(12-14-8-10-16(26)11-9-14)18-13-29-21-23-22-19(25(21)24-18)15-6-4-3-5-7-15/h8-12,15,26H,2-7,13H2,1H3/b17-12-. The first-order valence-electron chi connectivity index (χ1n) is 10.00. The van der Waals surface area contributed by atoms with Crippen molar-refractivity contribution >= 4 is 29.5 Å². The molecule has 152 valence electrons. The van der Waals surface area contributed by atoms with Crippen LogP contribution in [0.25, 0.3) is 6.08 Å². The van der Waals surface area contributed by atoms with E-state index in [0.717, 1.165) is 29.4 Å². The van der Waals surface area contributed by atoms with E-state index in [1.807, 2.05) is 4.68 Å². The summed E-state index contributed by atoms with van der Waals surface area (Å²) in [5, 5.41) is 23.8. The Balaban J connectivity index is 1.71. The second kappa shape index (κ2) is 8.82. The van der Waals surface area contributed by atoms with Crippen molar-refractivity contribution in [3.63, 3.8) is 0 Å². The van der Waals surface area contributed by atoms with Crippen LogP contribution in [0.5, 0.6) is 5.75 Å². The molecule has 1 aromatic heterocycles. The quantitative estimate of drug-likeness (QED) is 0.590. The molecule has 1 saturated carbocycles. The van der Waals surface area contributed by atoms with Crippen LogP contribution in [0.3, 0.4) is 0 Å². The first-order chi connectivity index (χ1) is 14.2. The summed E-state index contributed by atoms with van der Waals surface area (Å²) >= 11 is 1.53. The molecule has 0 atom stereocenters. The summed E-state index contributed by atoms with van der Waals surface area (Å²) in [4.78, 5) is 12.7. The fourth-order valence-corrected chi connectivity index (χ4v) is 4.53. The highest BCUT2D eigenvalue weighted by atomic mass is 32.2. The van der Waals surface area contributed by atoms with Crippen LogP contribution in [0.4, 0.5) is 0 Å². The molecule has 1 N–H and O–H groups in total. The molecule has 0 bridgehead atoms. The van der Waals surface area contributed by atoms with Gasteiger partial charge in [0.25, 0.3) is 0 Å². The maximum atomic E-state index is 12.7. The molecular weight excluding hydrogens is 388 g/mol. The van der Waals surface area contributed by atoms with Gasteiger partial charge in [-0.1, -0.05) is 43.2 Å². The maximum Gasteiger partial charge on any atom is 0.340 e. The summed E-state index contributed by atoms with van der Waals surface area (Å²) in [5.74, 6) is 1.54. The van der Waals surface area contributed by atoms with E-state index in [1.165, 1.54) is 31.0 Å². The molecule has 0 saturated heterocycles. The number of fused-ring (bicyclic) bond motifs is 1. The predicted octanol–water partition coefficient (Wildman–Crippen LogP) is 3.99. The number of nitrogens with zero attached hydrogens (tertiary/aromatic N) is 4. The normalized spacial score (nSPS) is 17.6. The van der Waals surface area contributed by atoms with Gasteiger partial charge in [0.1, 0.15) is 5.75 Å². The Labute approximate surface area is 173 Å². The van der Waals surface area contributed by atoms with E-state index in [1.54, 1.807) is 37.3 Å². The fourth-order valence-electron chi connectivity index (χ4n) is 3.70. The second-order valence-electron chi connectivity index (χ2n) is 7.19. The van der Waals surface area contributed by atoms with E-state index in [9.17, 15) is 9.90 Å². The molecule has 0 radical (unpaired) electrons. The summed E-state index contributed by atoms with van der Waals surface area (Å²) in [6, 6.07) is 6.68. The van der Waals surface area contributed by atoms with Gasteiger partial charge in [0.2, 0.25) is 5.16 Å². The molecule has 1 aromatic carbocycles. The Hall–Kier alpha value is -2.61. The molecule has 2 aromatic rings. The number of aromatic hydroxyl groups is 1. The number of hydrogen-bond donors (Lipinski definition) is 1. The highest BCUT2D eigenvalue weighted by molar-refractivity contribution is 7.99. The number of aromatic nitrogens is 3. The summed E-state index contributed by atoms with van der Waals surface area (Å²) < 4.78 is 7.09. The molecule has 8 heteroatoms. The van der Waals surface area contributed by atoms with Crippen LogP contribution >= 0.6 is 11.8 Å². The summed E-state index contributed by atoms with van der Waals surface area (Å²) in [6.45, 7) is 2.07. The average molecular weight is 413 g/mol. The van der Waals surface area contributed by atoms with Gasteiger partial charge in [-0.05, 0) is 43.5 Å². The SMILES string of the molecule is CCOC(=O)/C(=C\c1ccc(O)cc1)C1=Nn2c(nnc2C2CCCCC2)SC1. The number of carbonyl (C=O) groups is 1. The molecule has 2 aliphatic rings. The van der Waals surface area contributed by atoms with Gasteiger partial charge in [-0.25, -0.2) is 4.79 Å². The van der Waals surface area contributed by atoms with Crippen LogP contribution in [-0.4, -0.2) is 44.0 Å². The predicted molar refractivity (Wildman–Crippen MR) is 112 cm³/mol. The zero-order valence-corrected chi connectivity index (χ0v) is 17.2. The smallest absolute Gasteiger partial charge is 0.340 e. The zero-order chi connectivity index (χ0) is 20.2. The zero-order valence-electron chi connectivity index (χ0n) is 16.4. The number of hydrogen-bond acceptors (Lipinski definition) is 7. The van der Waals surface area contributed by atoms with Crippen LogP contribution in [-0.2, 0) is 9.53 Å². The van der Waals surface area contributed by atoms with Crippen LogP contribution < -0.4 is 0 Å². The Morgan fingerprint density at radius 2 is 2.00 bits per heavy atom. The van der Waals surface area contributed by atoms with Crippen LogP contribution in [0, 0.1) is 0 Å². The van der Waals surface area contributed by atoms with Gasteiger partial charge >= 0.3 is 5.97 Å². The molecule has 29 heavy (non-hydrogen) atoms. The number of phenolic OH excluding ortho intramolecular Hbond substituents is 1. The van der Waals surface area contributed by atoms with Crippen LogP contribution in [0.2, 0.25) is 0 Å². The van der Waals surface area contributed by atoms with Gasteiger partial charge in [0.15, 0.2) is 5.82 Å². The molecular formula is C21H24N4O3S. The van der Waals surface area contributed by atoms with E-state index >= 15 is 0 Å². The van der Waals surface area contributed by atoms with Crippen molar-refractivity contribution in [3.05, 3.63) is 41.2 Å². The van der Waals surface area contributed by atoms with E-state index in [2.05, 4.69) is 10.2 Å². The van der Waals surface area contributed by atoms with Gasteiger partial charge in [-0.15, -0.1) is 10.2 Å². The van der Waals surface area contributed by atoms with Crippen molar-refractivity contribution < 1.29 is 14.6 Å². The number of esters is 1. The lowest BCUT2D eigenvalue weighted by atomic mass is 9.89. The number of ether oxygens (including phenoxy) is 1. The third kappa shape index (κ3) is 4.37. The van der Waals surface area contributed by atoms with Crippen molar-refractivity contribution in [2.75, 3.05) is 12.4 Å². The van der Waals surface area contributed by atoms with Crippen molar-refractivity contribution in [1.82, 2.24) is 14.9 Å². The number of carbonyl (C=O) groups excluding carboxylic acids is 1. The number of rotatable bonds is 5. The van der Waals surface area contributed by atoms with E-state index in [4.69, 9.17) is 9.84 Å². The molecule has 1 aliphatic heterocycles. The van der Waals surface area contributed by atoms with E-state index in [0.29, 0.717) is 23.0 Å². The van der Waals surface area contributed by atoms with Crippen LogP contribution in [0.15, 0.2) is 40.1 Å². The lowest BCUT2D eigenvalue weighted by Gasteiger charge is -2.22. The summed E-state index contributed by atoms with van der Waals surface area (Å²) in [6.07, 6.45) is 7.62. The first kappa shape index (κ1) is 19.7. The highest BCUT2D eigenvalue weighted by Gasteiger charge is 2.28. The molecule has 1 aliphatic carbocycles. The van der Waals surface area contributed by atoms with Crippen molar-refractivity contribution in [2.24, 2.45) is 5.10 Å². The minimum Gasteiger partial charge on any atom is -0.508 e. The van der Waals surface area contributed by atoms with Crippen molar-refractivity contribution in [1.29, 1.82) is 0 Å².